The molecule has 6 atom stereocenters. The molecule has 0 spiro atoms. The van der Waals surface area contributed by atoms with Gasteiger partial charge in [0.1, 0.15) is 24.4 Å². The van der Waals surface area contributed by atoms with Crippen molar-refractivity contribution in [3.63, 3.8) is 0 Å². The number of hydrogen-bond acceptors (Lipinski definition) is 11. The van der Waals surface area contributed by atoms with E-state index in [2.05, 4.69) is 39.2 Å². The molecule has 2 aromatic heterocycles. The fraction of sp³-hybridized carbons (Fsp3) is 0.839. The monoisotopic (exact) mass is 1020 g/mol. The highest BCUT2D eigenvalue weighted by atomic mass is 16.6. The third-order valence-electron chi connectivity index (χ3n) is 14.4. The van der Waals surface area contributed by atoms with Crippen molar-refractivity contribution in [2.45, 2.75) is 269 Å². The number of aromatic nitrogens is 4. The van der Waals surface area contributed by atoms with Crippen LogP contribution < -0.4 is 22.3 Å². The molecule has 0 aromatic carbocycles. The number of nitrogens with zero attached hydrogens (tertiary/aromatic N) is 6. The number of aromatic amines is 1. The number of hydrogen-bond donors (Lipinski definition) is 2. The van der Waals surface area contributed by atoms with Crippen molar-refractivity contribution in [3.05, 3.63) is 65.8 Å². The van der Waals surface area contributed by atoms with Crippen LogP contribution in [0.4, 0.5) is 5.82 Å². The Morgan fingerprint density at radius 3 is 1.82 bits per heavy atom. The zero-order chi connectivity index (χ0) is 52.1. The summed E-state index contributed by atoms with van der Waals surface area (Å²) in [5, 5.41) is 6.72. The van der Waals surface area contributed by atoms with E-state index in [1.54, 1.807) is 19.2 Å². The van der Waals surface area contributed by atoms with Crippen LogP contribution in [-0.4, -0.2) is 82.4 Å². The van der Waals surface area contributed by atoms with Crippen molar-refractivity contribution in [3.8, 4) is 0 Å². The average molecular weight is 1030 g/mol. The van der Waals surface area contributed by atoms with Gasteiger partial charge in [-0.05, 0) is 44.2 Å². The number of anilines is 1. The lowest BCUT2D eigenvalue weighted by Crippen LogP contribution is -2.34. The van der Waals surface area contributed by atoms with Crippen LogP contribution in [0.1, 0.15) is 244 Å². The molecule has 0 saturated carbocycles. The van der Waals surface area contributed by atoms with Crippen LogP contribution in [0.2, 0.25) is 0 Å². The molecule has 0 bridgehead atoms. The number of carbonyl (C=O) groups excluding carboxylic acids is 1. The van der Waals surface area contributed by atoms with Crippen molar-refractivity contribution in [1.29, 1.82) is 0 Å². The maximum atomic E-state index is 13.1. The fourth-order valence-electron chi connectivity index (χ4n) is 9.94. The third-order valence-corrected chi connectivity index (χ3v) is 14.4. The van der Waals surface area contributed by atoms with E-state index in [0.717, 1.165) is 32.1 Å². The molecule has 17 nitrogen and oxygen atoms in total. The van der Waals surface area contributed by atoms with Gasteiger partial charge in [0.2, 0.25) is 5.91 Å². The van der Waals surface area contributed by atoms with Gasteiger partial charge in [0, 0.05) is 42.3 Å². The topological polar surface area (TPSA) is 214 Å². The van der Waals surface area contributed by atoms with E-state index in [1.165, 1.54) is 169 Å². The highest BCUT2D eigenvalue weighted by molar-refractivity contribution is 5.89. The fourth-order valence-corrected chi connectivity index (χ4v) is 9.94. The summed E-state index contributed by atoms with van der Waals surface area (Å²) in [6.07, 6.45) is 39.4. The predicted molar refractivity (Wildman–Crippen MR) is 289 cm³/mol. The minimum absolute atomic E-state index is 0.0916. The molecular weight excluding hydrogens is 929 g/mol. The van der Waals surface area contributed by atoms with Gasteiger partial charge >= 0.3 is 11.4 Å². The van der Waals surface area contributed by atoms with E-state index in [0.29, 0.717) is 38.0 Å². The number of amides is 1. The summed E-state index contributed by atoms with van der Waals surface area (Å²) in [5.74, 6) is 0.118. The summed E-state index contributed by atoms with van der Waals surface area (Å²) in [5.41, 5.74) is 8.11. The van der Waals surface area contributed by atoms with Gasteiger partial charge in [-0.25, -0.2) is 9.59 Å². The molecule has 2 aliphatic heterocycles. The molecule has 4 heterocycles. The Labute approximate surface area is 436 Å². The van der Waals surface area contributed by atoms with Gasteiger partial charge < -0.3 is 29.0 Å². The van der Waals surface area contributed by atoms with Gasteiger partial charge in [0.05, 0.1) is 44.7 Å². The summed E-state index contributed by atoms with van der Waals surface area (Å²) in [4.78, 5) is 59.7. The quantitative estimate of drug-likeness (QED) is 0.0277. The Kier molecular flexibility index (Phi) is 32.7. The largest absolute Gasteiger partial charge is 0.376 e. The summed E-state index contributed by atoms with van der Waals surface area (Å²) < 4.78 is 33.8. The van der Waals surface area contributed by atoms with Crippen molar-refractivity contribution in [2.24, 2.45) is 5.11 Å². The van der Waals surface area contributed by atoms with Crippen LogP contribution in [0.3, 0.4) is 0 Å². The lowest BCUT2D eigenvalue weighted by atomic mass is 10.0. The third kappa shape index (κ3) is 26.0. The Bertz CT molecular complexity index is 2000. The molecule has 2 saturated heterocycles. The van der Waals surface area contributed by atoms with Crippen LogP contribution in [0, 0.1) is 6.92 Å². The molecule has 17 heteroatoms. The smallest absolute Gasteiger partial charge is 0.351 e. The Balaban J connectivity index is 1.15. The maximum Gasteiger partial charge on any atom is 0.351 e. The molecule has 1 unspecified atom stereocenters. The van der Waals surface area contributed by atoms with Gasteiger partial charge in [-0.3, -0.25) is 23.7 Å². The van der Waals surface area contributed by atoms with Crippen molar-refractivity contribution in [2.75, 3.05) is 38.4 Å². The van der Waals surface area contributed by atoms with Crippen molar-refractivity contribution < 1.29 is 28.5 Å². The second kappa shape index (κ2) is 38.7. The number of unbranched alkanes of at least 4 members (excludes halogenated alkanes) is 27. The Morgan fingerprint density at radius 1 is 0.740 bits per heavy atom. The molecule has 4 rings (SSSR count). The van der Waals surface area contributed by atoms with Crippen LogP contribution in [-0.2, 0) is 28.5 Å². The van der Waals surface area contributed by atoms with E-state index in [4.69, 9.17) is 23.7 Å². The number of azide groups is 1. The van der Waals surface area contributed by atoms with Gasteiger partial charge in [0.25, 0.3) is 5.56 Å². The first-order chi connectivity index (χ1) is 35.7. The van der Waals surface area contributed by atoms with Gasteiger partial charge in [-0.2, -0.15) is 4.98 Å². The van der Waals surface area contributed by atoms with E-state index in [1.807, 2.05) is 0 Å². The second-order valence-electron chi connectivity index (χ2n) is 20.8. The zero-order valence-corrected chi connectivity index (χ0v) is 45.4. The highest BCUT2D eigenvalue weighted by Crippen LogP contribution is 2.31. The van der Waals surface area contributed by atoms with Gasteiger partial charge in [-0.1, -0.05) is 192 Å². The van der Waals surface area contributed by atoms with Crippen LogP contribution in [0.15, 0.2) is 38.0 Å². The Morgan fingerprint density at radius 2 is 1.27 bits per heavy atom. The molecule has 0 aliphatic carbocycles. The molecule has 0 radical (unpaired) electrons. The average Bonchev–Trinajstić information content (AvgIpc) is 4.01. The highest BCUT2D eigenvalue weighted by Gasteiger charge is 2.37. The number of aryl methyl sites for hydroxylation is 1. The number of carbonyl (C=O) groups is 1. The maximum absolute atomic E-state index is 13.1. The van der Waals surface area contributed by atoms with Crippen molar-refractivity contribution >= 4 is 11.7 Å². The van der Waals surface area contributed by atoms with E-state index in [9.17, 15) is 24.7 Å². The molecule has 73 heavy (non-hydrogen) atoms. The van der Waals surface area contributed by atoms with E-state index >= 15 is 0 Å². The SMILES string of the molecule is CCCCCCCCCCCCCCCCCCOC(COC[C@@H]1CC[C@H](n2ccc(NC(=O)CCCCCCCCCCCCCCC)nc2=O)O1)COC[C@H]1O[C@@H](n2cc(C)c(=O)[nH]c2=O)C[C@@H]1N=[N+]=[N-]. The lowest BCUT2D eigenvalue weighted by Gasteiger charge is -2.22. The first-order valence-electron chi connectivity index (χ1n) is 29.1. The second-order valence-corrected chi connectivity index (χ2v) is 20.8. The van der Waals surface area contributed by atoms with E-state index in [-0.39, 0.29) is 44.1 Å². The molecular formula is C56H96N8O9. The van der Waals surface area contributed by atoms with Gasteiger partial charge in [-0.15, -0.1) is 0 Å². The van der Waals surface area contributed by atoms with Crippen LogP contribution in [0.25, 0.3) is 10.4 Å². The first-order valence-corrected chi connectivity index (χ1v) is 29.1. The molecule has 2 N–H and O–H groups in total. The molecule has 2 aliphatic rings. The summed E-state index contributed by atoms with van der Waals surface area (Å²) >= 11 is 0. The number of ether oxygens (including phenoxy) is 5. The molecule has 414 valence electrons. The number of nitrogens with one attached hydrogen (secondary N) is 2. The summed E-state index contributed by atoms with van der Waals surface area (Å²) in [7, 11) is 0. The first kappa shape index (κ1) is 61.7. The van der Waals surface area contributed by atoms with Crippen molar-refractivity contribution in [1.82, 2.24) is 19.1 Å². The molecule has 2 fully saturated rings. The lowest BCUT2D eigenvalue weighted by molar-refractivity contribution is -0.116. The standard InChI is InChI=1S/C56H96N8O9/c1-4-6-8-10-12-14-16-18-19-20-22-24-26-28-30-32-38-71-47(43-70-44-49-48(61-62-57)39-53(73-49)64-40-45(3)54(66)60-56(64)68)42-69-41-46-34-35-52(72-46)63-37-36-50(59-55(63)67)58-51(65)33-31-29-27-25-23-21-17-15-13-11-9-7-5-2/h36-37,40,46-49,52-53H,4-35,38-39,41-44H2,1-3H3,(H,60,66,68)(H,58,59,65,67)/t46-,47?,48-,49+,52+,53+/m0/s1. The predicted octanol–water partition coefficient (Wildman–Crippen LogP) is 12.8. The zero-order valence-electron chi connectivity index (χ0n) is 45.4. The summed E-state index contributed by atoms with van der Waals surface area (Å²) in [6.45, 7) is 7.52. The van der Waals surface area contributed by atoms with E-state index < -0.39 is 47.6 Å². The molecule has 1 amide bonds. The Hall–Kier alpha value is -3.86. The minimum atomic E-state index is -0.734. The minimum Gasteiger partial charge on any atom is -0.376 e. The summed E-state index contributed by atoms with van der Waals surface area (Å²) in [6, 6.07) is 1.06. The van der Waals surface area contributed by atoms with Crippen LogP contribution >= 0.6 is 0 Å². The van der Waals surface area contributed by atoms with Crippen LogP contribution in [0.5, 0.6) is 0 Å². The number of H-pyrrole nitrogens is 1. The number of rotatable bonds is 44. The normalized spacial score (nSPS) is 19.1. The molecule has 2 aromatic rings. The van der Waals surface area contributed by atoms with Gasteiger partial charge in [0.15, 0.2) is 0 Å².